The molecule has 0 heterocycles. The van der Waals surface area contributed by atoms with Crippen LogP contribution in [0.25, 0.3) is 0 Å². The average Bonchev–Trinajstić information content (AvgIpc) is 2.50. The molecule has 0 bridgehead atoms. The number of hydrogen-bond donors (Lipinski definition) is 0. The van der Waals surface area contributed by atoms with Gasteiger partial charge in [0, 0.05) is 31.9 Å². The first-order valence-corrected chi connectivity index (χ1v) is 8.82. The van der Waals surface area contributed by atoms with Crippen LogP contribution in [-0.4, -0.2) is 29.1 Å². The molecule has 0 aliphatic carbocycles. The van der Waals surface area contributed by atoms with E-state index >= 15 is 0 Å². The summed E-state index contributed by atoms with van der Waals surface area (Å²) in [5.41, 5.74) is -0.903. The van der Waals surface area contributed by atoms with Crippen molar-refractivity contribution in [3.63, 3.8) is 0 Å². The van der Waals surface area contributed by atoms with Crippen molar-refractivity contribution in [2.45, 2.75) is 38.8 Å². The van der Waals surface area contributed by atoms with Gasteiger partial charge in [0.25, 0.3) is 0 Å². The third kappa shape index (κ3) is 4.09. The van der Waals surface area contributed by atoms with Crippen LogP contribution in [0, 0.1) is 29.1 Å². The predicted molar refractivity (Wildman–Crippen MR) is 75.4 cm³/mol. The highest BCUT2D eigenvalue weighted by molar-refractivity contribution is 6.60. The maximum Gasteiger partial charge on any atom is 0.501 e. The molecule has 0 spiro atoms. The molecule has 132 valence electrons. The van der Waals surface area contributed by atoms with E-state index in [1.54, 1.807) is 13.8 Å². The Morgan fingerprint density at radius 2 is 1.17 bits per heavy atom. The molecular formula is C14H19F5O3Si. The highest BCUT2D eigenvalue weighted by Crippen LogP contribution is 2.34. The van der Waals surface area contributed by atoms with Gasteiger partial charge >= 0.3 is 8.80 Å². The van der Waals surface area contributed by atoms with Gasteiger partial charge in [-0.15, -0.1) is 0 Å². The van der Waals surface area contributed by atoms with Crippen molar-refractivity contribution in [3.8, 4) is 0 Å². The first-order valence-electron chi connectivity index (χ1n) is 6.89. The number of benzene rings is 1. The maximum absolute atomic E-state index is 13.9. The quantitative estimate of drug-likeness (QED) is 0.317. The Labute approximate surface area is 132 Å². The Morgan fingerprint density at radius 3 is 1.52 bits per heavy atom. The summed E-state index contributed by atoms with van der Waals surface area (Å²) in [6.07, 6.45) is -0.301. The molecule has 23 heavy (non-hydrogen) atoms. The van der Waals surface area contributed by atoms with Crippen LogP contribution in [0.1, 0.15) is 32.3 Å². The first kappa shape index (κ1) is 20.0. The molecule has 9 heteroatoms. The monoisotopic (exact) mass is 358 g/mol. The van der Waals surface area contributed by atoms with Crippen molar-refractivity contribution in [3.05, 3.63) is 34.6 Å². The van der Waals surface area contributed by atoms with Gasteiger partial charge in [-0.25, -0.2) is 22.0 Å². The van der Waals surface area contributed by atoms with Crippen LogP contribution >= 0.6 is 0 Å². The molecule has 1 aromatic rings. The second-order valence-electron chi connectivity index (χ2n) is 5.35. The van der Waals surface area contributed by atoms with Crippen molar-refractivity contribution < 1.29 is 35.2 Å². The zero-order chi connectivity index (χ0) is 17.9. The molecule has 0 aromatic heterocycles. The SMILES string of the molecule is CO[Si](CC(C)c1c(F)c(F)c(F)c(F)c1F)(OC)OC(C)C. The van der Waals surface area contributed by atoms with Crippen LogP contribution in [-0.2, 0) is 13.3 Å². The zero-order valence-corrected chi connectivity index (χ0v) is 14.5. The smallest absolute Gasteiger partial charge is 0.377 e. The summed E-state index contributed by atoms with van der Waals surface area (Å²) in [5, 5.41) is 0. The molecule has 0 fully saturated rings. The molecule has 0 saturated carbocycles. The van der Waals surface area contributed by atoms with E-state index in [9.17, 15) is 22.0 Å². The van der Waals surface area contributed by atoms with Gasteiger partial charge in [0.1, 0.15) is 0 Å². The second kappa shape index (κ2) is 7.69. The van der Waals surface area contributed by atoms with Crippen molar-refractivity contribution in [2.24, 2.45) is 0 Å². The van der Waals surface area contributed by atoms with Crippen molar-refractivity contribution in [1.82, 2.24) is 0 Å². The summed E-state index contributed by atoms with van der Waals surface area (Å²) in [5.74, 6) is -10.9. The molecule has 1 rings (SSSR count). The van der Waals surface area contributed by atoms with Crippen LogP contribution in [0.4, 0.5) is 22.0 Å². The van der Waals surface area contributed by atoms with Crippen LogP contribution in [0.3, 0.4) is 0 Å². The highest BCUT2D eigenvalue weighted by atomic mass is 28.4. The number of rotatable bonds is 7. The van der Waals surface area contributed by atoms with Gasteiger partial charge in [-0.3, -0.25) is 0 Å². The van der Waals surface area contributed by atoms with E-state index < -0.39 is 49.4 Å². The summed E-state index contributed by atoms with van der Waals surface area (Å²) < 4.78 is 83.6. The summed E-state index contributed by atoms with van der Waals surface area (Å²) in [4.78, 5) is 0. The summed E-state index contributed by atoms with van der Waals surface area (Å²) in [7, 11) is -0.701. The van der Waals surface area contributed by atoms with Gasteiger partial charge in [0.2, 0.25) is 5.82 Å². The fraction of sp³-hybridized carbons (Fsp3) is 0.571. The average molecular weight is 358 g/mol. The highest BCUT2D eigenvalue weighted by Gasteiger charge is 2.43. The summed E-state index contributed by atoms with van der Waals surface area (Å²) in [6.45, 7) is 4.74. The normalized spacial score (nSPS) is 13.7. The summed E-state index contributed by atoms with van der Waals surface area (Å²) >= 11 is 0. The minimum absolute atomic E-state index is 0.142. The van der Waals surface area contributed by atoms with Gasteiger partial charge in [-0.1, -0.05) is 6.92 Å². The largest absolute Gasteiger partial charge is 0.501 e. The second-order valence-corrected chi connectivity index (χ2v) is 8.17. The molecule has 0 saturated heterocycles. The zero-order valence-electron chi connectivity index (χ0n) is 13.5. The van der Waals surface area contributed by atoms with Crippen molar-refractivity contribution >= 4 is 8.80 Å². The number of halogens is 5. The standard InChI is InChI=1S/C14H19F5O3Si/c1-7(2)22-23(20-4,21-5)6-8(3)9-10(15)12(17)14(19)13(18)11(9)16/h7-8H,6H2,1-5H3. The Balaban J connectivity index is 3.27. The lowest BCUT2D eigenvalue weighted by Gasteiger charge is -2.31. The summed E-state index contributed by atoms with van der Waals surface area (Å²) in [6, 6.07) is -0.142. The lowest BCUT2D eigenvalue weighted by molar-refractivity contribution is 0.0684. The van der Waals surface area contributed by atoms with Gasteiger partial charge < -0.3 is 13.3 Å². The van der Waals surface area contributed by atoms with Gasteiger partial charge in [-0.2, -0.15) is 0 Å². The first-order chi connectivity index (χ1) is 10.6. The van der Waals surface area contributed by atoms with E-state index in [2.05, 4.69) is 0 Å². The molecular weight excluding hydrogens is 339 g/mol. The van der Waals surface area contributed by atoms with E-state index in [4.69, 9.17) is 13.3 Å². The van der Waals surface area contributed by atoms with Crippen molar-refractivity contribution in [1.29, 1.82) is 0 Å². The van der Waals surface area contributed by atoms with Crippen LogP contribution < -0.4 is 0 Å². The molecule has 1 aromatic carbocycles. The lowest BCUT2D eigenvalue weighted by atomic mass is 10.0. The molecule has 1 unspecified atom stereocenters. The minimum atomic E-state index is -3.32. The van der Waals surface area contributed by atoms with E-state index in [1.165, 1.54) is 21.1 Å². The lowest BCUT2D eigenvalue weighted by Crippen LogP contribution is -2.46. The van der Waals surface area contributed by atoms with Crippen molar-refractivity contribution in [2.75, 3.05) is 14.2 Å². The topological polar surface area (TPSA) is 27.7 Å². The molecule has 3 nitrogen and oxygen atoms in total. The molecule has 1 atom stereocenters. The predicted octanol–water partition coefficient (Wildman–Crippen LogP) is 4.14. The van der Waals surface area contributed by atoms with Crippen LogP contribution in [0.5, 0.6) is 0 Å². The van der Waals surface area contributed by atoms with E-state index in [0.29, 0.717) is 0 Å². The van der Waals surface area contributed by atoms with Crippen LogP contribution in [0.15, 0.2) is 0 Å². The Morgan fingerprint density at radius 1 is 0.783 bits per heavy atom. The Hall–Kier alpha value is -1.03. The van der Waals surface area contributed by atoms with Gasteiger partial charge in [0.05, 0.1) is 0 Å². The number of hydrogen-bond acceptors (Lipinski definition) is 3. The van der Waals surface area contributed by atoms with Gasteiger partial charge in [0.15, 0.2) is 23.3 Å². The Bertz CT molecular complexity index is 535. The minimum Gasteiger partial charge on any atom is -0.377 e. The maximum atomic E-state index is 13.9. The Kier molecular flexibility index (Phi) is 6.69. The fourth-order valence-corrected chi connectivity index (χ4v) is 4.75. The third-order valence-electron chi connectivity index (χ3n) is 3.33. The molecule has 0 radical (unpaired) electrons. The van der Waals surface area contributed by atoms with Crippen LogP contribution in [0.2, 0.25) is 6.04 Å². The van der Waals surface area contributed by atoms with E-state index in [1.807, 2.05) is 0 Å². The van der Waals surface area contributed by atoms with E-state index in [-0.39, 0.29) is 12.1 Å². The van der Waals surface area contributed by atoms with E-state index in [0.717, 1.165) is 0 Å². The third-order valence-corrected chi connectivity index (χ3v) is 6.52. The molecule has 0 N–H and O–H groups in total. The van der Waals surface area contributed by atoms with Gasteiger partial charge in [-0.05, 0) is 19.8 Å². The molecule has 0 aliphatic rings. The molecule has 0 amide bonds. The fourth-order valence-electron chi connectivity index (χ4n) is 2.29. The molecule has 0 aliphatic heterocycles.